The molecule has 1 amide bonds. The van der Waals surface area contributed by atoms with Gasteiger partial charge >= 0.3 is 0 Å². The van der Waals surface area contributed by atoms with Crippen molar-refractivity contribution in [2.75, 3.05) is 5.32 Å². The van der Waals surface area contributed by atoms with Gasteiger partial charge in [0.1, 0.15) is 5.75 Å². The molecule has 2 aromatic rings. The molecular formula is C17H17BrN2O4. The Labute approximate surface area is 148 Å². The lowest BCUT2D eigenvalue weighted by molar-refractivity contribution is -0.385. The molecular weight excluding hydrogens is 376 g/mol. The molecule has 0 heterocycles. The predicted molar refractivity (Wildman–Crippen MR) is 95.4 cm³/mol. The molecule has 126 valence electrons. The topological polar surface area (TPSA) is 81.5 Å². The fourth-order valence-corrected chi connectivity index (χ4v) is 2.66. The van der Waals surface area contributed by atoms with Crippen molar-refractivity contribution in [3.8, 4) is 5.75 Å². The van der Waals surface area contributed by atoms with Crippen LogP contribution in [0, 0.1) is 24.0 Å². The highest BCUT2D eigenvalue weighted by molar-refractivity contribution is 9.10. The molecule has 0 aromatic heterocycles. The second-order valence-corrected chi connectivity index (χ2v) is 6.30. The number of nitro groups is 1. The summed E-state index contributed by atoms with van der Waals surface area (Å²) in [6.07, 6.45) is -0.760. The molecule has 0 aliphatic carbocycles. The lowest BCUT2D eigenvalue weighted by Crippen LogP contribution is -2.30. The second-order valence-electron chi connectivity index (χ2n) is 5.44. The first-order chi connectivity index (χ1) is 11.3. The maximum absolute atomic E-state index is 12.2. The van der Waals surface area contributed by atoms with Gasteiger partial charge in [0.25, 0.3) is 11.6 Å². The van der Waals surface area contributed by atoms with Crippen molar-refractivity contribution in [3.63, 3.8) is 0 Å². The van der Waals surface area contributed by atoms with Gasteiger partial charge in [0, 0.05) is 17.3 Å². The number of rotatable bonds is 5. The minimum Gasteiger partial charge on any atom is -0.480 e. The fraction of sp³-hybridized carbons (Fsp3) is 0.235. The summed E-state index contributed by atoms with van der Waals surface area (Å²) in [6, 6.07) is 10.1. The maximum Gasteiger partial charge on any atom is 0.274 e. The molecule has 0 bridgehead atoms. The van der Waals surface area contributed by atoms with E-state index in [1.807, 2.05) is 19.1 Å². The highest BCUT2D eigenvalue weighted by Gasteiger charge is 2.18. The number of hydrogen-bond acceptors (Lipinski definition) is 4. The van der Waals surface area contributed by atoms with Crippen LogP contribution in [0.4, 0.5) is 11.4 Å². The van der Waals surface area contributed by atoms with Crippen molar-refractivity contribution in [1.82, 2.24) is 0 Å². The third-order valence-corrected chi connectivity index (χ3v) is 4.05. The molecule has 7 heteroatoms. The van der Waals surface area contributed by atoms with Gasteiger partial charge in [0.2, 0.25) is 0 Å². The summed E-state index contributed by atoms with van der Waals surface area (Å²) >= 11 is 3.39. The number of ether oxygens (including phenoxy) is 1. The molecule has 0 saturated carbocycles. The van der Waals surface area contributed by atoms with E-state index in [9.17, 15) is 14.9 Å². The first-order valence-electron chi connectivity index (χ1n) is 7.26. The molecule has 1 atom stereocenters. The van der Waals surface area contributed by atoms with Crippen molar-refractivity contribution in [3.05, 3.63) is 62.1 Å². The number of carbonyl (C=O) groups excluding carboxylic acids is 1. The van der Waals surface area contributed by atoms with E-state index in [1.165, 1.54) is 6.07 Å². The zero-order valence-corrected chi connectivity index (χ0v) is 15.1. The Morgan fingerprint density at radius 1 is 1.25 bits per heavy atom. The molecule has 24 heavy (non-hydrogen) atoms. The zero-order chi connectivity index (χ0) is 17.9. The summed E-state index contributed by atoms with van der Waals surface area (Å²) in [5.74, 6) is 0.166. The van der Waals surface area contributed by atoms with E-state index in [4.69, 9.17) is 4.74 Å². The minimum absolute atomic E-state index is 0.0392. The van der Waals surface area contributed by atoms with Crippen molar-refractivity contribution >= 4 is 33.2 Å². The molecule has 0 aliphatic heterocycles. The normalized spacial score (nSPS) is 11.7. The van der Waals surface area contributed by atoms with E-state index in [2.05, 4.69) is 21.2 Å². The Morgan fingerprint density at radius 2 is 1.96 bits per heavy atom. The van der Waals surface area contributed by atoms with Gasteiger partial charge in [-0.05, 0) is 60.5 Å². The van der Waals surface area contributed by atoms with Gasteiger partial charge in [0.05, 0.1) is 9.40 Å². The van der Waals surface area contributed by atoms with Crippen LogP contribution in [0.1, 0.15) is 18.1 Å². The van der Waals surface area contributed by atoms with Crippen LogP contribution >= 0.6 is 15.9 Å². The lowest BCUT2D eigenvalue weighted by Gasteiger charge is -2.16. The average molecular weight is 393 g/mol. The minimum atomic E-state index is -0.760. The van der Waals surface area contributed by atoms with Gasteiger partial charge in [-0.3, -0.25) is 14.9 Å². The average Bonchev–Trinajstić information content (AvgIpc) is 2.51. The van der Waals surface area contributed by atoms with E-state index in [0.717, 1.165) is 10.0 Å². The smallest absolute Gasteiger partial charge is 0.274 e. The Balaban J connectivity index is 2.09. The van der Waals surface area contributed by atoms with Crippen molar-refractivity contribution in [2.45, 2.75) is 26.9 Å². The van der Waals surface area contributed by atoms with Gasteiger partial charge in [-0.1, -0.05) is 12.1 Å². The van der Waals surface area contributed by atoms with Gasteiger partial charge < -0.3 is 10.1 Å². The molecule has 2 rings (SSSR count). The Kier molecular flexibility index (Phi) is 5.56. The predicted octanol–water partition coefficient (Wildman–Crippen LogP) is 4.38. The number of benzene rings is 2. The third-order valence-electron chi connectivity index (χ3n) is 3.43. The number of nitrogens with one attached hydrogen (secondary N) is 1. The summed E-state index contributed by atoms with van der Waals surface area (Å²) in [5, 5.41) is 13.6. The SMILES string of the molecule is Cc1ccc(OC(C)C(=O)Nc2ccc(C)c([N+](=O)[O-])c2)c(Br)c1. The van der Waals surface area contributed by atoms with Crippen LogP contribution in [-0.2, 0) is 4.79 Å². The van der Waals surface area contributed by atoms with Crippen molar-refractivity contribution in [1.29, 1.82) is 0 Å². The number of nitrogens with zero attached hydrogens (tertiary/aromatic N) is 1. The molecule has 0 spiro atoms. The summed E-state index contributed by atoms with van der Waals surface area (Å²) in [7, 11) is 0. The Morgan fingerprint density at radius 3 is 2.58 bits per heavy atom. The maximum atomic E-state index is 12.2. The molecule has 0 aliphatic rings. The van der Waals surface area contributed by atoms with Gasteiger partial charge in [0.15, 0.2) is 6.10 Å². The molecule has 0 saturated heterocycles. The van der Waals surface area contributed by atoms with Crippen LogP contribution in [0.3, 0.4) is 0 Å². The number of hydrogen-bond donors (Lipinski definition) is 1. The van der Waals surface area contributed by atoms with Crippen molar-refractivity contribution in [2.24, 2.45) is 0 Å². The number of carbonyl (C=O) groups is 1. The van der Waals surface area contributed by atoms with E-state index >= 15 is 0 Å². The zero-order valence-electron chi connectivity index (χ0n) is 13.5. The largest absolute Gasteiger partial charge is 0.480 e. The van der Waals surface area contributed by atoms with E-state index in [1.54, 1.807) is 32.0 Å². The lowest BCUT2D eigenvalue weighted by atomic mass is 10.2. The molecule has 1 N–H and O–H groups in total. The number of amides is 1. The van der Waals surface area contributed by atoms with Gasteiger partial charge in [-0.15, -0.1) is 0 Å². The summed E-state index contributed by atoms with van der Waals surface area (Å²) in [4.78, 5) is 22.7. The van der Waals surface area contributed by atoms with Crippen LogP contribution in [0.15, 0.2) is 40.9 Å². The van der Waals surface area contributed by atoms with Crippen LogP contribution in [0.25, 0.3) is 0 Å². The number of anilines is 1. The number of halogens is 1. The van der Waals surface area contributed by atoms with Crippen LogP contribution in [0.5, 0.6) is 5.75 Å². The summed E-state index contributed by atoms with van der Waals surface area (Å²) in [5.41, 5.74) is 1.92. The fourth-order valence-electron chi connectivity index (χ4n) is 2.07. The van der Waals surface area contributed by atoms with Gasteiger partial charge in [-0.25, -0.2) is 0 Å². The van der Waals surface area contributed by atoms with Gasteiger partial charge in [-0.2, -0.15) is 0 Å². The first kappa shape index (κ1) is 17.9. The van der Waals surface area contributed by atoms with Crippen LogP contribution < -0.4 is 10.1 Å². The second kappa shape index (κ2) is 7.44. The first-order valence-corrected chi connectivity index (χ1v) is 8.06. The summed E-state index contributed by atoms with van der Waals surface area (Å²) < 4.78 is 6.40. The van der Waals surface area contributed by atoms with Crippen LogP contribution in [-0.4, -0.2) is 16.9 Å². The van der Waals surface area contributed by atoms with E-state index in [-0.39, 0.29) is 11.6 Å². The Bertz CT molecular complexity index is 792. The van der Waals surface area contributed by atoms with E-state index in [0.29, 0.717) is 17.0 Å². The highest BCUT2D eigenvalue weighted by Crippen LogP contribution is 2.27. The van der Waals surface area contributed by atoms with Crippen LogP contribution in [0.2, 0.25) is 0 Å². The molecule has 0 radical (unpaired) electrons. The number of nitro benzene ring substituents is 1. The monoisotopic (exact) mass is 392 g/mol. The highest BCUT2D eigenvalue weighted by atomic mass is 79.9. The third kappa shape index (κ3) is 4.32. The van der Waals surface area contributed by atoms with E-state index < -0.39 is 11.0 Å². The summed E-state index contributed by atoms with van der Waals surface area (Å²) in [6.45, 7) is 5.21. The van der Waals surface area contributed by atoms with Crippen molar-refractivity contribution < 1.29 is 14.5 Å². The quantitative estimate of drug-likeness (QED) is 0.604. The molecule has 6 nitrogen and oxygen atoms in total. The standard InChI is InChI=1S/C17H17BrN2O4/c1-10-4-7-16(14(18)8-10)24-12(3)17(21)19-13-6-5-11(2)15(9-13)20(22)23/h4-9,12H,1-3H3,(H,19,21). The molecule has 1 unspecified atom stereocenters. The molecule has 2 aromatic carbocycles. The number of aryl methyl sites for hydroxylation is 2. The molecule has 0 fully saturated rings. The Hall–Kier alpha value is -2.41.